The van der Waals surface area contributed by atoms with Crippen molar-refractivity contribution in [3.8, 4) is 0 Å². The van der Waals surface area contributed by atoms with E-state index in [4.69, 9.17) is 10.2 Å². The molecule has 6 nitrogen and oxygen atoms in total. The van der Waals surface area contributed by atoms with Crippen LogP contribution in [0, 0.1) is 5.41 Å². The lowest BCUT2D eigenvalue weighted by Crippen LogP contribution is -2.28. The molecular weight excluding hydrogens is 296 g/mol. The second-order valence-corrected chi connectivity index (χ2v) is 4.45. The van der Waals surface area contributed by atoms with E-state index < -0.39 is 17.4 Å². The maximum atomic E-state index is 10.8. The number of hydrogen-bond acceptors (Lipinski definition) is 3. The van der Waals surface area contributed by atoms with Gasteiger partial charge in [0.15, 0.2) is 0 Å². The van der Waals surface area contributed by atoms with E-state index in [2.05, 4.69) is 11.6 Å². The van der Waals surface area contributed by atoms with Gasteiger partial charge in [-0.2, -0.15) is 0 Å². The van der Waals surface area contributed by atoms with Crippen molar-refractivity contribution in [2.45, 2.75) is 13.3 Å². The van der Waals surface area contributed by atoms with Gasteiger partial charge in [0.25, 0.3) is 0 Å². The fourth-order valence-corrected chi connectivity index (χ4v) is 1.56. The zero-order valence-corrected chi connectivity index (χ0v) is 12.3. The number of carboxylic acid groups (broad SMARTS) is 2. The molecule has 0 aromatic carbocycles. The van der Waals surface area contributed by atoms with Gasteiger partial charge in [-0.1, -0.05) is 24.8 Å². The zero-order chi connectivity index (χ0) is 15.2. The number of halogens is 1. The average molecular weight is 313 g/mol. The summed E-state index contributed by atoms with van der Waals surface area (Å²) in [4.78, 5) is 25.1. The lowest BCUT2D eigenvalue weighted by atomic mass is 9.80. The number of aliphatic carboxylic acids is 2. The standard InChI is InChI=1S/C9H10O4.C5H6N2.ClH/c1-9(8(12)13)4-2-3-6(5-9)7(10)11;1-2-7-4-3-6-5-7;/h2-4H,5H2,1H3,(H,10,11)(H,12,13);2-5H,1H2;1H. The van der Waals surface area contributed by atoms with Gasteiger partial charge in [-0.05, 0) is 13.3 Å². The highest BCUT2D eigenvalue weighted by molar-refractivity contribution is 5.90. The first kappa shape index (κ1) is 18.7. The molecular formula is C14H17ClN2O4. The molecule has 0 spiro atoms. The Kier molecular flexibility index (Phi) is 7.16. The van der Waals surface area contributed by atoms with Crippen molar-refractivity contribution in [3.05, 3.63) is 49.1 Å². The average Bonchev–Trinajstić information content (AvgIpc) is 2.92. The number of aromatic nitrogens is 2. The molecule has 1 atom stereocenters. The van der Waals surface area contributed by atoms with Gasteiger partial charge in [0.2, 0.25) is 0 Å². The molecule has 2 rings (SSSR count). The van der Waals surface area contributed by atoms with Gasteiger partial charge in [0, 0.05) is 24.2 Å². The number of carboxylic acids is 2. The van der Waals surface area contributed by atoms with Gasteiger partial charge in [-0.25, -0.2) is 9.78 Å². The van der Waals surface area contributed by atoms with Gasteiger partial charge < -0.3 is 14.8 Å². The summed E-state index contributed by atoms with van der Waals surface area (Å²) in [7, 11) is 0. The van der Waals surface area contributed by atoms with Crippen molar-refractivity contribution in [3.63, 3.8) is 0 Å². The van der Waals surface area contributed by atoms with Crippen LogP contribution >= 0.6 is 12.4 Å². The molecule has 0 amide bonds. The number of rotatable bonds is 3. The first-order valence-corrected chi connectivity index (χ1v) is 5.84. The number of hydrogen-bond donors (Lipinski definition) is 2. The third-order valence-electron chi connectivity index (χ3n) is 2.82. The van der Waals surface area contributed by atoms with Crippen molar-refractivity contribution in [1.82, 2.24) is 9.55 Å². The quantitative estimate of drug-likeness (QED) is 0.894. The Morgan fingerprint density at radius 1 is 1.48 bits per heavy atom. The number of allylic oxidation sites excluding steroid dienone is 2. The van der Waals surface area contributed by atoms with E-state index in [-0.39, 0.29) is 24.4 Å². The van der Waals surface area contributed by atoms with Crippen LogP contribution in [-0.4, -0.2) is 31.7 Å². The predicted octanol–water partition coefficient (Wildman–Crippen LogP) is 2.45. The molecule has 0 saturated heterocycles. The molecule has 21 heavy (non-hydrogen) atoms. The summed E-state index contributed by atoms with van der Waals surface area (Å²) in [5.41, 5.74) is -0.949. The van der Waals surface area contributed by atoms with Crippen LogP contribution in [0.2, 0.25) is 0 Å². The molecule has 1 aliphatic carbocycles. The minimum Gasteiger partial charge on any atom is -0.481 e. The maximum absolute atomic E-state index is 10.8. The molecule has 0 fully saturated rings. The first-order chi connectivity index (χ1) is 9.39. The van der Waals surface area contributed by atoms with E-state index in [0.29, 0.717) is 0 Å². The van der Waals surface area contributed by atoms with Crippen LogP contribution in [0.1, 0.15) is 13.3 Å². The van der Waals surface area contributed by atoms with Crippen molar-refractivity contribution in [2.75, 3.05) is 0 Å². The van der Waals surface area contributed by atoms with E-state index in [1.54, 1.807) is 23.3 Å². The normalized spacial score (nSPS) is 19.4. The molecule has 1 aromatic rings. The van der Waals surface area contributed by atoms with Gasteiger partial charge >= 0.3 is 11.9 Å². The van der Waals surface area contributed by atoms with Crippen molar-refractivity contribution in [2.24, 2.45) is 5.41 Å². The third kappa shape index (κ3) is 5.27. The van der Waals surface area contributed by atoms with Crippen molar-refractivity contribution >= 4 is 30.5 Å². The summed E-state index contributed by atoms with van der Waals surface area (Å²) in [6, 6.07) is 0. The van der Waals surface area contributed by atoms with Crippen LogP contribution in [0.3, 0.4) is 0 Å². The SMILES string of the molecule is C=Cn1ccnc1.CC1(C(=O)O)C=CC=C(C(=O)O)C1.Cl. The Bertz CT molecular complexity index is 564. The molecule has 0 bridgehead atoms. The van der Waals surface area contributed by atoms with Gasteiger partial charge in [0.05, 0.1) is 11.7 Å². The minimum absolute atomic E-state index is 0. The fraction of sp³-hybridized carbons (Fsp3) is 0.214. The summed E-state index contributed by atoms with van der Waals surface area (Å²) in [6.45, 7) is 5.03. The minimum atomic E-state index is -1.08. The monoisotopic (exact) mass is 312 g/mol. The second kappa shape index (κ2) is 8.06. The van der Waals surface area contributed by atoms with Crippen LogP contribution in [0.4, 0.5) is 0 Å². The molecule has 1 heterocycles. The van der Waals surface area contributed by atoms with Gasteiger partial charge in [0.1, 0.15) is 0 Å². The van der Waals surface area contributed by atoms with E-state index in [0.717, 1.165) is 0 Å². The largest absolute Gasteiger partial charge is 0.481 e. The lowest BCUT2D eigenvalue weighted by Gasteiger charge is -2.23. The molecule has 1 aromatic heterocycles. The summed E-state index contributed by atoms with van der Waals surface area (Å²) >= 11 is 0. The third-order valence-corrected chi connectivity index (χ3v) is 2.82. The molecule has 1 unspecified atom stereocenters. The zero-order valence-electron chi connectivity index (χ0n) is 11.5. The maximum Gasteiger partial charge on any atom is 0.331 e. The van der Waals surface area contributed by atoms with Crippen molar-refractivity contribution in [1.29, 1.82) is 0 Å². The molecule has 0 saturated carbocycles. The molecule has 0 aliphatic heterocycles. The Balaban J connectivity index is 0.000000425. The smallest absolute Gasteiger partial charge is 0.331 e. The summed E-state index contributed by atoms with van der Waals surface area (Å²) < 4.78 is 1.78. The van der Waals surface area contributed by atoms with Crippen LogP contribution in [0.15, 0.2) is 49.1 Å². The topological polar surface area (TPSA) is 92.4 Å². The van der Waals surface area contributed by atoms with E-state index in [1.165, 1.54) is 25.2 Å². The van der Waals surface area contributed by atoms with E-state index in [9.17, 15) is 9.59 Å². The summed E-state index contributed by atoms with van der Waals surface area (Å²) in [5.74, 6) is -2.06. The first-order valence-electron chi connectivity index (χ1n) is 5.84. The number of carbonyl (C=O) groups is 2. The van der Waals surface area contributed by atoms with Gasteiger partial charge in [-0.3, -0.25) is 4.79 Å². The molecule has 1 aliphatic rings. The number of nitrogens with zero attached hydrogens (tertiary/aromatic N) is 2. The van der Waals surface area contributed by atoms with Crippen LogP contribution < -0.4 is 0 Å². The molecule has 0 radical (unpaired) electrons. The highest BCUT2D eigenvalue weighted by Crippen LogP contribution is 2.31. The molecule has 7 heteroatoms. The highest BCUT2D eigenvalue weighted by Gasteiger charge is 2.34. The predicted molar refractivity (Wildman–Crippen MR) is 81.1 cm³/mol. The molecule has 114 valence electrons. The lowest BCUT2D eigenvalue weighted by molar-refractivity contribution is -0.145. The fourth-order valence-electron chi connectivity index (χ4n) is 1.56. The Hall–Kier alpha value is -2.34. The number of imidazole rings is 1. The Morgan fingerprint density at radius 2 is 2.14 bits per heavy atom. The van der Waals surface area contributed by atoms with Crippen LogP contribution in [0.25, 0.3) is 6.20 Å². The molecule has 2 N–H and O–H groups in total. The van der Waals surface area contributed by atoms with Gasteiger partial charge in [-0.15, -0.1) is 12.4 Å². The van der Waals surface area contributed by atoms with Crippen molar-refractivity contribution < 1.29 is 19.8 Å². The Labute approximate surface area is 128 Å². The van der Waals surface area contributed by atoms with Crippen LogP contribution in [0.5, 0.6) is 0 Å². The summed E-state index contributed by atoms with van der Waals surface area (Å²) in [5, 5.41) is 17.5. The Morgan fingerprint density at radius 3 is 2.52 bits per heavy atom. The highest BCUT2D eigenvalue weighted by atomic mass is 35.5. The summed E-state index contributed by atoms with van der Waals surface area (Å²) in [6.07, 6.45) is 11.3. The second-order valence-electron chi connectivity index (χ2n) is 4.45. The van der Waals surface area contributed by atoms with Crippen LogP contribution in [-0.2, 0) is 9.59 Å². The van der Waals surface area contributed by atoms with E-state index >= 15 is 0 Å². The van der Waals surface area contributed by atoms with E-state index in [1.807, 2.05) is 6.20 Å².